The van der Waals surface area contributed by atoms with Gasteiger partial charge in [0.05, 0.1) is 10.6 Å². The van der Waals surface area contributed by atoms with Gasteiger partial charge in [0.25, 0.3) is 15.9 Å². The molecule has 0 saturated heterocycles. The highest BCUT2D eigenvalue weighted by molar-refractivity contribution is 7.92. The van der Waals surface area contributed by atoms with Crippen molar-refractivity contribution in [2.24, 2.45) is 0 Å². The SMILES string of the molecule is CN(c1cccc(C(=O)Nc2cccc3ccccc23)c1)S(=O)(=O)c1ccccc1. The summed E-state index contributed by atoms with van der Waals surface area (Å²) in [5.41, 5.74) is 1.48. The molecular weight excluding hydrogens is 396 g/mol. The summed E-state index contributed by atoms with van der Waals surface area (Å²) in [6.07, 6.45) is 0. The predicted octanol–water partition coefficient (Wildman–Crippen LogP) is 4.92. The van der Waals surface area contributed by atoms with Crippen molar-refractivity contribution in [3.05, 3.63) is 103 Å². The van der Waals surface area contributed by atoms with Crippen molar-refractivity contribution in [2.45, 2.75) is 4.90 Å². The molecule has 0 aliphatic carbocycles. The molecular formula is C24H20N2O3S. The Morgan fingerprint density at radius 2 is 1.47 bits per heavy atom. The van der Waals surface area contributed by atoms with E-state index in [0.717, 1.165) is 10.8 Å². The maximum absolute atomic E-state index is 12.9. The molecule has 0 unspecified atom stereocenters. The van der Waals surface area contributed by atoms with Crippen LogP contribution in [0.15, 0.2) is 102 Å². The molecule has 150 valence electrons. The number of amides is 1. The van der Waals surface area contributed by atoms with Crippen LogP contribution in [0, 0.1) is 0 Å². The number of hydrogen-bond acceptors (Lipinski definition) is 3. The zero-order valence-electron chi connectivity index (χ0n) is 16.3. The van der Waals surface area contributed by atoms with Gasteiger partial charge in [-0.05, 0) is 41.8 Å². The van der Waals surface area contributed by atoms with E-state index in [1.807, 2.05) is 42.5 Å². The molecule has 1 N–H and O–H groups in total. The van der Waals surface area contributed by atoms with Crippen LogP contribution in [0.2, 0.25) is 0 Å². The molecule has 4 aromatic carbocycles. The van der Waals surface area contributed by atoms with Gasteiger partial charge < -0.3 is 5.32 Å². The van der Waals surface area contributed by atoms with Gasteiger partial charge in [0, 0.05) is 23.7 Å². The van der Waals surface area contributed by atoms with E-state index >= 15 is 0 Å². The van der Waals surface area contributed by atoms with Crippen LogP contribution in [-0.4, -0.2) is 21.4 Å². The van der Waals surface area contributed by atoms with Gasteiger partial charge in [-0.3, -0.25) is 9.10 Å². The Morgan fingerprint density at radius 1 is 0.800 bits per heavy atom. The molecule has 0 aromatic heterocycles. The predicted molar refractivity (Wildman–Crippen MR) is 120 cm³/mol. The molecule has 30 heavy (non-hydrogen) atoms. The second-order valence-corrected chi connectivity index (χ2v) is 8.79. The quantitative estimate of drug-likeness (QED) is 0.502. The largest absolute Gasteiger partial charge is 0.321 e. The van der Waals surface area contributed by atoms with Gasteiger partial charge in [-0.15, -0.1) is 0 Å². The van der Waals surface area contributed by atoms with Crippen molar-refractivity contribution in [1.29, 1.82) is 0 Å². The second-order valence-electron chi connectivity index (χ2n) is 6.82. The van der Waals surface area contributed by atoms with Gasteiger partial charge in [-0.1, -0.05) is 60.7 Å². The highest BCUT2D eigenvalue weighted by Crippen LogP contribution is 2.25. The smallest absolute Gasteiger partial charge is 0.264 e. The maximum atomic E-state index is 12.9. The Kier molecular flexibility index (Phi) is 5.25. The van der Waals surface area contributed by atoms with Crippen LogP contribution < -0.4 is 9.62 Å². The van der Waals surface area contributed by atoms with E-state index < -0.39 is 10.0 Å². The lowest BCUT2D eigenvalue weighted by Crippen LogP contribution is -2.26. The molecule has 4 aromatic rings. The topological polar surface area (TPSA) is 66.5 Å². The Hall–Kier alpha value is -3.64. The second kappa shape index (κ2) is 8.00. The molecule has 0 radical (unpaired) electrons. The third-order valence-corrected chi connectivity index (χ3v) is 6.71. The minimum absolute atomic E-state index is 0.193. The third kappa shape index (κ3) is 3.77. The van der Waals surface area contributed by atoms with Gasteiger partial charge in [0.1, 0.15) is 0 Å². The molecule has 6 heteroatoms. The van der Waals surface area contributed by atoms with Gasteiger partial charge in [0.15, 0.2) is 0 Å². The van der Waals surface area contributed by atoms with E-state index in [1.54, 1.807) is 54.6 Å². The average molecular weight is 417 g/mol. The van der Waals surface area contributed by atoms with Crippen molar-refractivity contribution in [3.8, 4) is 0 Å². The van der Waals surface area contributed by atoms with Crippen molar-refractivity contribution in [2.75, 3.05) is 16.7 Å². The highest BCUT2D eigenvalue weighted by Gasteiger charge is 2.21. The number of anilines is 2. The van der Waals surface area contributed by atoms with E-state index in [0.29, 0.717) is 16.9 Å². The molecule has 0 atom stereocenters. The average Bonchev–Trinajstić information content (AvgIpc) is 2.79. The van der Waals surface area contributed by atoms with Crippen LogP contribution >= 0.6 is 0 Å². The Morgan fingerprint density at radius 3 is 2.27 bits per heavy atom. The van der Waals surface area contributed by atoms with Crippen LogP contribution in [0.5, 0.6) is 0 Å². The summed E-state index contributed by atoms with van der Waals surface area (Å²) in [6, 6.07) is 28.3. The zero-order valence-corrected chi connectivity index (χ0v) is 17.1. The number of rotatable bonds is 5. The summed E-state index contributed by atoms with van der Waals surface area (Å²) >= 11 is 0. The number of benzene rings is 4. The molecule has 5 nitrogen and oxygen atoms in total. The molecule has 0 spiro atoms. The number of hydrogen-bond donors (Lipinski definition) is 1. The molecule has 1 amide bonds. The van der Waals surface area contributed by atoms with Gasteiger partial charge in [0.2, 0.25) is 0 Å². The first-order valence-electron chi connectivity index (χ1n) is 9.40. The molecule has 0 aliphatic heterocycles. The molecule has 0 heterocycles. The van der Waals surface area contributed by atoms with E-state index in [1.165, 1.54) is 11.4 Å². The van der Waals surface area contributed by atoms with E-state index in [-0.39, 0.29) is 10.8 Å². The molecule has 4 rings (SSSR count). The summed E-state index contributed by atoms with van der Waals surface area (Å²) in [4.78, 5) is 13.1. The van der Waals surface area contributed by atoms with Crippen molar-refractivity contribution in [1.82, 2.24) is 0 Å². The van der Waals surface area contributed by atoms with Crippen molar-refractivity contribution in [3.63, 3.8) is 0 Å². The number of nitrogens with one attached hydrogen (secondary N) is 1. The minimum Gasteiger partial charge on any atom is -0.321 e. The fourth-order valence-electron chi connectivity index (χ4n) is 3.26. The molecule has 0 fully saturated rings. The lowest BCUT2D eigenvalue weighted by molar-refractivity contribution is 0.102. The van der Waals surface area contributed by atoms with Gasteiger partial charge >= 0.3 is 0 Å². The van der Waals surface area contributed by atoms with Gasteiger partial charge in [-0.25, -0.2) is 8.42 Å². The summed E-state index contributed by atoms with van der Waals surface area (Å²) < 4.78 is 26.9. The summed E-state index contributed by atoms with van der Waals surface area (Å²) in [7, 11) is -2.24. The van der Waals surface area contributed by atoms with Crippen LogP contribution in [0.3, 0.4) is 0 Å². The number of sulfonamides is 1. The fourth-order valence-corrected chi connectivity index (χ4v) is 4.47. The van der Waals surface area contributed by atoms with E-state index in [4.69, 9.17) is 0 Å². The van der Waals surface area contributed by atoms with E-state index in [2.05, 4.69) is 5.32 Å². The molecule has 0 bridgehead atoms. The maximum Gasteiger partial charge on any atom is 0.264 e. The first kappa shape index (κ1) is 19.7. The van der Waals surface area contributed by atoms with Crippen LogP contribution in [0.25, 0.3) is 10.8 Å². The van der Waals surface area contributed by atoms with Crippen molar-refractivity contribution < 1.29 is 13.2 Å². The zero-order chi connectivity index (χ0) is 21.1. The molecule has 0 saturated carbocycles. The Bertz CT molecular complexity index is 1310. The first-order chi connectivity index (χ1) is 14.5. The number of carbonyl (C=O) groups excluding carboxylic acids is 1. The minimum atomic E-state index is -3.72. The first-order valence-corrected chi connectivity index (χ1v) is 10.8. The number of nitrogens with zero attached hydrogens (tertiary/aromatic N) is 1. The Labute approximate surface area is 175 Å². The van der Waals surface area contributed by atoms with Gasteiger partial charge in [-0.2, -0.15) is 0 Å². The number of fused-ring (bicyclic) bond motifs is 1. The van der Waals surface area contributed by atoms with Crippen molar-refractivity contribution >= 4 is 38.1 Å². The highest BCUT2D eigenvalue weighted by atomic mass is 32.2. The monoisotopic (exact) mass is 416 g/mol. The van der Waals surface area contributed by atoms with Crippen LogP contribution in [0.1, 0.15) is 10.4 Å². The van der Waals surface area contributed by atoms with Crippen LogP contribution in [-0.2, 0) is 10.0 Å². The summed E-state index contributed by atoms with van der Waals surface area (Å²) in [5, 5.41) is 4.89. The van der Waals surface area contributed by atoms with Crippen LogP contribution in [0.4, 0.5) is 11.4 Å². The lowest BCUT2D eigenvalue weighted by atomic mass is 10.1. The number of carbonyl (C=O) groups is 1. The Balaban J connectivity index is 1.62. The normalized spacial score (nSPS) is 11.2. The lowest BCUT2D eigenvalue weighted by Gasteiger charge is -2.20. The fraction of sp³-hybridized carbons (Fsp3) is 0.0417. The molecule has 0 aliphatic rings. The standard InChI is InChI=1S/C24H20N2O3S/c1-26(30(28,29)21-13-3-2-4-14-21)20-12-7-11-19(17-20)24(27)25-23-16-8-10-18-9-5-6-15-22(18)23/h2-17H,1H3,(H,25,27). The summed E-state index contributed by atoms with van der Waals surface area (Å²) in [5.74, 6) is -0.307. The third-order valence-electron chi connectivity index (χ3n) is 4.91. The van der Waals surface area contributed by atoms with E-state index in [9.17, 15) is 13.2 Å². The summed E-state index contributed by atoms with van der Waals surface area (Å²) in [6.45, 7) is 0.